The normalized spacial score (nSPS) is 8.73. The Morgan fingerprint density at radius 2 is 0.846 bits per heavy atom. The van der Waals surface area contributed by atoms with E-state index in [2.05, 4.69) is 33.3 Å². The number of aliphatic carboxylic acids is 3. The van der Waals surface area contributed by atoms with Gasteiger partial charge in [-0.25, -0.2) is 18.9 Å². The summed E-state index contributed by atoms with van der Waals surface area (Å²) in [5.41, 5.74) is 0. The molecule has 0 fully saturated rings. The number of carboxylic acid groups (broad SMARTS) is 3. The molecule has 0 bridgehead atoms. The summed E-state index contributed by atoms with van der Waals surface area (Å²) in [6.45, 7) is 6.21. The Morgan fingerprint density at radius 3 is 0.923 bits per heavy atom. The number of phosphoric ester groups is 1. The molecule has 0 aromatic heterocycles. The van der Waals surface area contributed by atoms with Gasteiger partial charge in [0.2, 0.25) is 0 Å². The maximum absolute atomic E-state index is 10.9. The molecule has 14 heteroatoms. The van der Waals surface area contributed by atoms with Crippen molar-refractivity contribution in [2.45, 2.75) is 0 Å². The van der Waals surface area contributed by atoms with Gasteiger partial charge in [0.25, 0.3) is 0 Å². The van der Waals surface area contributed by atoms with Crippen LogP contribution in [0.15, 0.2) is 38.0 Å². The van der Waals surface area contributed by atoms with E-state index in [-0.39, 0.29) is 0 Å². The average molecular weight is 404 g/mol. The van der Waals surface area contributed by atoms with E-state index in [1.807, 2.05) is 0 Å². The number of rotatable bonds is 9. The fourth-order valence-corrected chi connectivity index (χ4v) is 0.972. The molecule has 0 amide bonds. The highest BCUT2D eigenvalue weighted by Crippen LogP contribution is 2.48. The number of phosphoric acid groups is 1. The second kappa shape index (κ2) is 22.6. The van der Waals surface area contributed by atoms with Crippen LogP contribution < -0.4 is 0 Å². The summed E-state index contributed by atoms with van der Waals surface area (Å²) < 4.78 is 23.0. The lowest BCUT2D eigenvalue weighted by Crippen LogP contribution is -2.02. The fourth-order valence-electron chi connectivity index (χ4n) is 0.324. The average Bonchev–Trinajstić information content (AvgIpc) is 2.56. The van der Waals surface area contributed by atoms with Gasteiger partial charge in [0.1, 0.15) is 0 Å². The van der Waals surface area contributed by atoms with Crippen molar-refractivity contribution in [2.24, 2.45) is 0 Å². The van der Waals surface area contributed by atoms with E-state index in [9.17, 15) is 18.9 Å². The Morgan fingerprint density at radius 1 is 0.692 bits per heavy atom. The summed E-state index contributed by atoms with van der Waals surface area (Å²) in [4.78, 5) is 27.8. The van der Waals surface area contributed by atoms with Crippen molar-refractivity contribution in [1.29, 1.82) is 0 Å². The maximum Gasteiger partial charge on any atom is 0.481 e. The van der Waals surface area contributed by atoms with E-state index in [0.717, 1.165) is 18.2 Å². The lowest BCUT2D eigenvalue weighted by molar-refractivity contribution is -0.132. The van der Waals surface area contributed by atoms with Gasteiger partial charge >= 0.3 is 25.7 Å². The number of aliphatic hydroxyl groups excluding tert-OH is 3. The summed E-state index contributed by atoms with van der Waals surface area (Å²) in [7, 11) is -3.97. The predicted octanol–water partition coefficient (Wildman–Crippen LogP) is -0.235. The molecule has 0 aliphatic rings. The molecule has 26 heavy (non-hydrogen) atoms. The summed E-state index contributed by atoms with van der Waals surface area (Å²) in [5, 5.41) is 47.2. The zero-order valence-electron chi connectivity index (χ0n) is 13.5. The monoisotopic (exact) mass is 404 g/mol. The second-order valence-electron chi connectivity index (χ2n) is 2.85. The van der Waals surface area contributed by atoms with Crippen molar-refractivity contribution in [2.75, 3.05) is 20.4 Å². The zero-order chi connectivity index (χ0) is 21.6. The SMILES string of the molecule is C=CC(=O)O.C=CC(=O)O.C=CC(=O)O.O=P(OCO)(OCO)OCO. The van der Waals surface area contributed by atoms with Crippen molar-refractivity contribution < 1.29 is 63.2 Å². The zero-order valence-corrected chi connectivity index (χ0v) is 14.4. The van der Waals surface area contributed by atoms with Crippen LogP contribution in [-0.4, -0.2) is 68.9 Å². The molecule has 0 aromatic rings. The van der Waals surface area contributed by atoms with E-state index >= 15 is 0 Å². The Hall–Kier alpha value is -2.38. The standard InChI is InChI=1S/C3H9O7P.3C3H4O2/c4-1-8-11(7,9-2-5)10-3-6;3*1-2-3(4)5/h4-6H,1-3H2;3*2H,1H2,(H,4,5). The minimum absolute atomic E-state index is 0.833. The molecule has 6 N–H and O–H groups in total. The lowest BCUT2D eigenvalue weighted by Gasteiger charge is -2.12. The summed E-state index contributed by atoms with van der Waals surface area (Å²) in [6.07, 6.45) is 2.50. The van der Waals surface area contributed by atoms with Gasteiger partial charge < -0.3 is 30.6 Å². The molecular weight excluding hydrogens is 383 g/mol. The molecule has 0 unspecified atom stereocenters. The molecule has 0 saturated heterocycles. The molecule has 0 aliphatic carbocycles. The first-order valence-corrected chi connectivity index (χ1v) is 7.38. The van der Waals surface area contributed by atoms with E-state index < -0.39 is 46.1 Å². The van der Waals surface area contributed by atoms with Crippen LogP contribution >= 0.6 is 7.82 Å². The van der Waals surface area contributed by atoms with Crippen LogP contribution in [0, 0.1) is 0 Å². The molecule has 0 heterocycles. The number of hydrogen-bond acceptors (Lipinski definition) is 10. The first kappa shape index (κ1) is 31.4. The Bertz CT molecular complexity index is 407. The van der Waals surface area contributed by atoms with Crippen molar-refractivity contribution in [3.05, 3.63) is 38.0 Å². The minimum Gasteiger partial charge on any atom is -0.478 e. The van der Waals surface area contributed by atoms with Crippen LogP contribution in [0.3, 0.4) is 0 Å². The van der Waals surface area contributed by atoms with Gasteiger partial charge in [-0.2, -0.15) is 0 Å². The number of carboxylic acids is 3. The van der Waals surface area contributed by atoms with Crippen molar-refractivity contribution in [1.82, 2.24) is 0 Å². The van der Waals surface area contributed by atoms with Crippen LogP contribution in [0.1, 0.15) is 0 Å². The largest absolute Gasteiger partial charge is 0.481 e. The first-order valence-electron chi connectivity index (χ1n) is 5.92. The molecule has 0 rings (SSSR count). The number of hydrogen-bond donors (Lipinski definition) is 6. The summed E-state index contributed by atoms with van der Waals surface area (Å²) in [5.74, 6) is -2.94. The highest BCUT2D eigenvalue weighted by atomic mass is 31.2. The van der Waals surface area contributed by atoms with E-state index in [4.69, 9.17) is 30.6 Å². The summed E-state index contributed by atoms with van der Waals surface area (Å²) >= 11 is 0. The molecule has 13 nitrogen and oxygen atoms in total. The third-order valence-corrected chi connectivity index (χ3v) is 2.47. The molecule has 0 atom stereocenters. The van der Waals surface area contributed by atoms with Crippen LogP contribution in [-0.2, 0) is 32.5 Å². The minimum atomic E-state index is -3.97. The van der Waals surface area contributed by atoms with Gasteiger partial charge in [0.15, 0.2) is 20.4 Å². The summed E-state index contributed by atoms with van der Waals surface area (Å²) in [6, 6.07) is 0. The Kier molecular flexibility index (Phi) is 27.3. The molecular formula is C12H21O13P. The lowest BCUT2D eigenvalue weighted by atomic mass is 10.7. The predicted molar refractivity (Wildman–Crippen MR) is 85.6 cm³/mol. The first-order chi connectivity index (χ1) is 12.0. The molecule has 0 radical (unpaired) electrons. The molecule has 0 aliphatic heterocycles. The second-order valence-corrected chi connectivity index (χ2v) is 4.52. The van der Waals surface area contributed by atoms with E-state index in [0.29, 0.717) is 0 Å². The number of carbonyl (C=O) groups is 3. The van der Waals surface area contributed by atoms with Gasteiger partial charge in [-0.3, -0.25) is 13.6 Å². The molecule has 152 valence electrons. The van der Waals surface area contributed by atoms with Gasteiger partial charge in [-0.05, 0) is 0 Å². The van der Waals surface area contributed by atoms with Gasteiger partial charge in [-0.1, -0.05) is 19.7 Å². The van der Waals surface area contributed by atoms with E-state index in [1.165, 1.54) is 0 Å². The Balaban J connectivity index is -0.000000136. The Labute approximate surface area is 148 Å². The maximum atomic E-state index is 10.9. The fraction of sp³-hybridized carbons (Fsp3) is 0.250. The molecule has 0 saturated carbocycles. The van der Waals surface area contributed by atoms with Crippen molar-refractivity contribution in [3.8, 4) is 0 Å². The molecule has 0 aromatic carbocycles. The van der Waals surface area contributed by atoms with Crippen LogP contribution in [0.2, 0.25) is 0 Å². The quantitative estimate of drug-likeness (QED) is 0.166. The van der Waals surface area contributed by atoms with Crippen LogP contribution in [0.5, 0.6) is 0 Å². The van der Waals surface area contributed by atoms with Crippen molar-refractivity contribution >= 4 is 25.7 Å². The third-order valence-electron chi connectivity index (χ3n) is 1.17. The topological polar surface area (TPSA) is 217 Å². The van der Waals surface area contributed by atoms with Crippen LogP contribution in [0.25, 0.3) is 0 Å². The highest BCUT2D eigenvalue weighted by Gasteiger charge is 2.25. The smallest absolute Gasteiger partial charge is 0.478 e. The van der Waals surface area contributed by atoms with Crippen LogP contribution in [0.4, 0.5) is 0 Å². The van der Waals surface area contributed by atoms with Gasteiger partial charge in [0.05, 0.1) is 0 Å². The van der Waals surface area contributed by atoms with Gasteiger partial charge in [0, 0.05) is 18.2 Å². The van der Waals surface area contributed by atoms with Crippen molar-refractivity contribution in [3.63, 3.8) is 0 Å². The molecule has 0 spiro atoms. The highest BCUT2D eigenvalue weighted by molar-refractivity contribution is 7.48. The third kappa shape index (κ3) is 37.7. The van der Waals surface area contributed by atoms with Gasteiger partial charge in [-0.15, -0.1) is 0 Å². The van der Waals surface area contributed by atoms with E-state index in [1.54, 1.807) is 0 Å². The number of aliphatic hydroxyl groups is 3.